The molecule has 0 fully saturated rings. The molecule has 0 radical (unpaired) electrons. The fourth-order valence-corrected chi connectivity index (χ4v) is 3.00. The summed E-state index contributed by atoms with van der Waals surface area (Å²) in [7, 11) is 3.13. The second kappa shape index (κ2) is 5.93. The van der Waals surface area contributed by atoms with Crippen LogP contribution in [0, 0.1) is 11.3 Å². The van der Waals surface area contributed by atoms with Crippen LogP contribution in [0.15, 0.2) is 42.5 Å². The molecule has 0 aliphatic carbocycles. The fraction of sp³-hybridized carbons (Fsp3) is 0.105. The van der Waals surface area contributed by atoms with Crippen molar-refractivity contribution >= 4 is 28.0 Å². The molecular weight excluding hydrogens is 330 g/mol. The number of hydrogen-bond acceptors (Lipinski definition) is 6. The van der Waals surface area contributed by atoms with Gasteiger partial charge in [0.05, 0.1) is 30.9 Å². The number of para-hydroxylation sites is 2. The van der Waals surface area contributed by atoms with E-state index in [-0.39, 0.29) is 5.82 Å². The van der Waals surface area contributed by atoms with E-state index in [1.165, 1.54) is 0 Å². The molecule has 4 rings (SSSR count). The van der Waals surface area contributed by atoms with Gasteiger partial charge in [0.1, 0.15) is 23.0 Å². The van der Waals surface area contributed by atoms with Crippen LogP contribution >= 0.6 is 0 Å². The predicted octanol–water partition coefficient (Wildman–Crippen LogP) is 3.04. The van der Waals surface area contributed by atoms with Crippen molar-refractivity contribution in [2.24, 2.45) is 0 Å². The van der Waals surface area contributed by atoms with E-state index in [2.05, 4.69) is 16.0 Å². The van der Waals surface area contributed by atoms with Crippen LogP contribution in [0.3, 0.4) is 0 Å². The molecule has 7 heteroatoms. The number of nitrogen functional groups attached to an aromatic ring is 1. The Balaban J connectivity index is 2.08. The van der Waals surface area contributed by atoms with Crippen LogP contribution in [0.25, 0.3) is 27.9 Å². The van der Waals surface area contributed by atoms with Crippen molar-refractivity contribution in [1.29, 1.82) is 5.26 Å². The minimum Gasteiger partial charge on any atom is -0.493 e. The molecule has 0 saturated carbocycles. The van der Waals surface area contributed by atoms with Gasteiger partial charge in [-0.2, -0.15) is 5.26 Å². The van der Waals surface area contributed by atoms with E-state index in [1.54, 1.807) is 30.9 Å². The van der Waals surface area contributed by atoms with Gasteiger partial charge in [0.2, 0.25) is 0 Å². The first-order valence-electron chi connectivity index (χ1n) is 7.87. The number of ether oxygens (including phenoxy) is 2. The molecule has 0 aliphatic heterocycles. The van der Waals surface area contributed by atoms with E-state index in [0.29, 0.717) is 39.4 Å². The lowest BCUT2D eigenvalue weighted by molar-refractivity contribution is 0.355. The zero-order valence-electron chi connectivity index (χ0n) is 14.2. The van der Waals surface area contributed by atoms with E-state index in [1.807, 2.05) is 30.3 Å². The van der Waals surface area contributed by atoms with Crippen LogP contribution in [0.5, 0.6) is 11.5 Å². The highest BCUT2D eigenvalue weighted by Gasteiger charge is 2.20. The molecule has 7 nitrogen and oxygen atoms in total. The van der Waals surface area contributed by atoms with Gasteiger partial charge in [-0.3, -0.25) is 4.57 Å². The van der Waals surface area contributed by atoms with Gasteiger partial charge >= 0.3 is 0 Å². The molecule has 0 spiro atoms. The van der Waals surface area contributed by atoms with E-state index in [9.17, 15) is 5.26 Å². The number of hydrogen-bond donors (Lipinski definition) is 1. The number of benzene rings is 2. The van der Waals surface area contributed by atoms with Gasteiger partial charge in [-0.15, -0.1) is 0 Å². The van der Waals surface area contributed by atoms with Crippen molar-refractivity contribution in [3.8, 4) is 23.3 Å². The van der Waals surface area contributed by atoms with Crippen LogP contribution in [0.1, 0.15) is 5.56 Å². The summed E-state index contributed by atoms with van der Waals surface area (Å²) >= 11 is 0. The number of rotatable bonds is 3. The van der Waals surface area contributed by atoms with Crippen molar-refractivity contribution in [2.75, 3.05) is 20.0 Å². The van der Waals surface area contributed by atoms with Gasteiger partial charge in [0.25, 0.3) is 0 Å². The summed E-state index contributed by atoms with van der Waals surface area (Å²) < 4.78 is 12.4. The Bertz CT molecular complexity index is 1190. The first-order valence-corrected chi connectivity index (χ1v) is 7.87. The third-order valence-corrected chi connectivity index (χ3v) is 4.23. The molecule has 0 bridgehead atoms. The summed E-state index contributed by atoms with van der Waals surface area (Å²) in [5.41, 5.74) is 9.70. The van der Waals surface area contributed by atoms with E-state index in [0.717, 1.165) is 5.52 Å². The second-order valence-corrected chi connectivity index (χ2v) is 5.63. The minimum atomic E-state index is 0.282. The van der Waals surface area contributed by atoms with E-state index < -0.39 is 0 Å². The van der Waals surface area contributed by atoms with Gasteiger partial charge in [-0.1, -0.05) is 12.1 Å². The third-order valence-electron chi connectivity index (χ3n) is 4.23. The molecule has 26 heavy (non-hydrogen) atoms. The van der Waals surface area contributed by atoms with Crippen molar-refractivity contribution in [1.82, 2.24) is 14.5 Å². The normalized spacial score (nSPS) is 10.8. The summed E-state index contributed by atoms with van der Waals surface area (Å²) in [6.07, 6.45) is 0. The van der Waals surface area contributed by atoms with Crippen LogP contribution in [-0.2, 0) is 0 Å². The molecule has 0 amide bonds. The lowest BCUT2D eigenvalue weighted by Gasteiger charge is -2.12. The number of nitrogens with zero attached hydrogens (tertiary/aromatic N) is 4. The summed E-state index contributed by atoms with van der Waals surface area (Å²) in [5, 5.41) is 9.58. The summed E-state index contributed by atoms with van der Waals surface area (Å²) in [6, 6.07) is 15.0. The van der Waals surface area contributed by atoms with Crippen LogP contribution < -0.4 is 15.2 Å². The van der Waals surface area contributed by atoms with Gasteiger partial charge in [-0.25, -0.2) is 9.97 Å². The molecule has 0 atom stereocenters. The molecule has 2 heterocycles. The summed E-state index contributed by atoms with van der Waals surface area (Å²) in [5.74, 6) is 1.44. The average Bonchev–Trinajstić information content (AvgIpc) is 2.95. The van der Waals surface area contributed by atoms with E-state index in [4.69, 9.17) is 15.2 Å². The smallest absolute Gasteiger partial charge is 0.167 e. The Labute approximate surface area is 149 Å². The summed E-state index contributed by atoms with van der Waals surface area (Å²) in [4.78, 5) is 9.27. The Kier molecular flexibility index (Phi) is 3.59. The fourth-order valence-electron chi connectivity index (χ4n) is 3.00. The van der Waals surface area contributed by atoms with Gasteiger partial charge in [0, 0.05) is 6.07 Å². The van der Waals surface area contributed by atoms with Crippen molar-refractivity contribution in [2.45, 2.75) is 0 Å². The zero-order chi connectivity index (χ0) is 18.3. The lowest BCUT2D eigenvalue weighted by Crippen LogP contribution is -2.02. The molecule has 2 N–H and O–H groups in total. The molecule has 0 unspecified atom stereocenters. The maximum Gasteiger partial charge on any atom is 0.167 e. The van der Waals surface area contributed by atoms with Crippen molar-refractivity contribution < 1.29 is 9.47 Å². The number of methoxy groups -OCH3 is 2. The molecule has 128 valence electrons. The largest absolute Gasteiger partial charge is 0.493 e. The van der Waals surface area contributed by atoms with Gasteiger partial charge in [-0.05, 0) is 24.3 Å². The van der Waals surface area contributed by atoms with Crippen LogP contribution in [0.2, 0.25) is 0 Å². The third kappa shape index (κ3) is 2.20. The first-order chi connectivity index (χ1) is 12.7. The van der Waals surface area contributed by atoms with Gasteiger partial charge < -0.3 is 15.2 Å². The second-order valence-electron chi connectivity index (χ2n) is 5.63. The number of aromatic nitrogens is 3. The van der Waals surface area contributed by atoms with Crippen LogP contribution in [0.4, 0.5) is 5.82 Å². The quantitative estimate of drug-likeness (QED) is 0.613. The first kappa shape index (κ1) is 15.7. The number of fused-ring (bicyclic) bond motifs is 2. The molecule has 4 aromatic rings. The highest BCUT2D eigenvalue weighted by molar-refractivity contribution is 5.93. The molecule has 0 saturated heterocycles. The van der Waals surface area contributed by atoms with Crippen molar-refractivity contribution in [3.05, 3.63) is 48.0 Å². The topological polar surface area (TPSA) is 99.0 Å². The molecule has 2 aromatic carbocycles. The van der Waals surface area contributed by atoms with E-state index >= 15 is 0 Å². The van der Waals surface area contributed by atoms with Crippen LogP contribution in [-0.4, -0.2) is 28.8 Å². The Morgan fingerprint density at radius 3 is 2.35 bits per heavy atom. The Hall–Kier alpha value is -3.79. The van der Waals surface area contributed by atoms with Gasteiger partial charge in [0.15, 0.2) is 17.1 Å². The predicted molar refractivity (Wildman–Crippen MR) is 98.6 cm³/mol. The SMILES string of the molecule is COc1ccc(-n2c(N)c(C#N)c3nc4ccccc4nc32)cc1OC. The molecule has 2 aromatic heterocycles. The maximum absolute atomic E-state index is 9.58. The number of nitrogens with two attached hydrogens (primary N) is 1. The lowest BCUT2D eigenvalue weighted by atomic mass is 10.2. The monoisotopic (exact) mass is 345 g/mol. The Morgan fingerprint density at radius 1 is 1.00 bits per heavy atom. The average molecular weight is 345 g/mol. The molecular formula is C19H15N5O2. The molecule has 0 aliphatic rings. The summed E-state index contributed by atoms with van der Waals surface area (Å²) in [6.45, 7) is 0. The maximum atomic E-state index is 9.58. The zero-order valence-corrected chi connectivity index (χ0v) is 14.2. The number of nitriles is 1. The minimum absolute atomic E-state index is 0.282. The number of anilines is 1. The highest BCUT2D eigenvalue weighted by Crippen LogP contribution is 2.34. The highest BCUT2D eigenvalue weighted by atomic mass is 16.5. The van der Waals surface area contributed by atoms with Crippen molar-refractivity contribution in [3.63, 3.8) is 0 Å². The standard InChI is InChI=1S/C19H15N5O2/c1-25-15-8-7-11(9-16(15)26-2)24-18(21)12(10-20)17-19(24)23-14-6-4-3-5-13(14)22-17/h3-9H,21H2,1-2H3. The Morgan fingerprint density at radius 2 is 1.69 bits per heavy atom.